The summed E-state index contributed by atoms with van der Waals surface area (Å²) in [6, 6.07) is 6.05. The number of aromatic nitrogens is 5. The smallest absolute Gasteiger partial charge is 0.293 e. The van der Waals surface area contributed by atoms with Gasteiger partial charge in [-0.3, -0.25) is 19.8 Å². The predicted molar refractivity (Wildman–Crippen MR) is 111 cm³/mol. The lowest BCUT2D eigenvalue weighted by molar-refractivity contribution is -0.385. The third-order valence-corrected chi connectivity index (χ3v) is 5.00. The summed E-state index contributed by atoms with van der Waals surface area (Å²) in [4.78, 5) is 25.6. The number of para-hydroxylation sites is 1. The minimum absolute atomic E-state index is 0.0103. The third-order valence-electron chi connectivity index (χ3n) is 5.00. The van der Waals surface area contributed by atoms with E-state index in [2.05, 4.69) is 40.7 Å². The van der Waals surface area contributed by atoms with Gasteiger partial charge in [0.1, 0.15) is 0 Å². The number of piperidine rings is 1. The molecule has 166 valence electrons. The Labute approximate surface area is 181 Å². The fourth-order valence-electron chi connectivity index (χ4n) is 3.43. The molecule has 0 bridgehead atoms. The van der Waals surface area contributed by atoms with Crippen LogP contribution < -0.4 is 11.2 Å². The lowest BCUT2D eigenvalue weighted by Gasteiger charge is -2.26. The van der Waals surface area contributed by atoms with Gasteiger partial charge in [0.05, 0.1) is 22.4 Å². The number of nitro groups is 1. The van der Waals surface area contributed by atoms with E-state index in [9.17, 15) is 14.9 Å². The normalized spacial score (nSPS) is 14.6. The van der Waals surface area contributed by atoms with Gasteiger partial charge in [-0.25, -0.2) is 10.1 Å². The standard InChI is InChI=1S/C18H20N10O4/c19-16-17(24-32-23-16)27-14(11-26-8-4-1-5-9-26)15(21-25-27)18(29)22-20-10-12-6-2-3-7-13(12)28(30)31/h2-3,6-7,10H,1,4-5,8-9,11H2,(H2,19,23)(H,22,29). The maximum atomic E-state index is 12.8. The molecule has 3 heterocycles. The molecule has 32 heavy (non-hydrogen) atoms. The largest absolute Gasteiger partial charge is 0.378 e. The van der Waals surface area contributed by atoms with Gasteiger partial charge in [-0.15, -0.1) is 5.10 Å². The molecule has 2 aromatic heterocycles. The van der Waals surface area contributed by atoms with Crippen molar-refractivity contribution in [3.05, 3.63) is 51.3 Å². The highest BCUT2D eigenvalue weighted by Gasteiger charge is 2.26. The van der Waals surface area contributed by atoms with Crippen LogP contribution in [0.4, 0.5) is 11.5 Å². The van der Waals surface area contributed by atoms with Gasteiger partial charge in [-0.1, -0.05) is 23.8 Å². The Morgan fingerprint density at radius 3 is 2.78 bits per heavy atom. The Bertz CT molecular complexity index is 1150. The number of amides is 1. The fraction of sp³-hybridized carbons (Fsp3) is 0.333. The number of rotatable bonds is 7. The second-order valence-electron chi connectivity index (χ2n) is 7.12. The number of hydrogen-bond acceptors (Lipinski definition) is 11. The molecule has 0 aliphatic carbocycles. The molecule has 3 aromatic rings. The molecular formula is C18H20N10O4. The van der Waals surface area contributed by atoms with E-state index in [1.165, 1.54) is 23.0 Å². The maximum absolute atomic E-state index is 12.8. The molecular weight excluding hydrogens is 420 g/mol. The van der Waals surface area contributed by atoms with Gasteiger partial charge < -0.3 is 5.73 Å². The highest BCUT2D eigenvalue weighted by molar-refractivity contribution is 5.94. The Morgan fingerprint density at radius 2 is 2.06 bits per heavy atom. The van der Waals surface area contributed by atoms with Gasteiger partial charge in [0.2, 0.25) is 11.6 Å². The van der Waals surface area contributed by atoms with E-state index in [4.69, 9.17) is 5.73 Å². The zero-order valence-corrected chi connectivity index (χ0v) is 16.9. The highest BCUT2D eigenvalue weighted by atomic mass is 16.6. The van der Waals surface area contributed by atoms with Gasteiger partial charge >= 0.3 is 0 Å². The summed E-state index contributed by atoms with van der Waals surface area (Å²) in [6.07, 6.45) is 4.46. The topological polar surface area (TPSA) is 183 Å². The van der Waals surface area contributed by atoms with Crippen LogP contribution in [0.2, 0.25) is 0 Å². The summed E-state index contributed by atoms with van der Waals surface area (Å²) in [5, 5.41) is 30.2. The molecule has 1 saturated heterocycles. The Balaban J connectivity index is 1.58. The average molecular weight is 440 g/mol. The fourth-order valence-corrected chi connectivity index (χ4v) is 3.43. The van der Waals surface area contributed by atoms with Crippen LogP contribution >= 0.6 is 0 Å². The van der Waals surface area contributed by atoms with Crippen LogP contribution in [0.3, 0.4) is 0 Å². The predicted octanol–water partition coefficient (Wildman–Crippen LogP) is 0.891. The zero-order valence-electron chi connectivity index (χ0n) is 16.9. The van der Waals surface area contributed by atoms with Crippen LogP contribution in [0, 0.1) is 10.1 Å². The van der Waals surface area contributed by atoms with Gasteiger partial charge in [0, 0.05) is 12.6 Å². The second-order valence-corrected chi connectivity index (χ2v) is 7.12. The second kappa shape index (κ2) is 9.30. The molecule has 1 aliphatic rings. The van der Waals surface area contributed by atoms with Crippen LogP contribution in [0.1, 0.15) is 41.0 Å². The first-order valence-corrected chi connectivity index (χ1v) is 9.86. The van der Waals surface area contributed by atoms with E-state index >= 15 is 0 Å². The zero-order chi connectivity index (χ0) is 22.5. The first-order chi connectivity index (χ1) is 15.5. The first kappa shape index (κ1) is 21.0. The van der Waals surface area contributed by atoms with E-state index in [1.54, 1.807) is 12.1 Å². The number of nitrogens with one attached hydrogen (secondary N) is 1. The molecule has 14 heteroatoms. The molecule has 4 rings (SSSR count). The summed E-state index contributed by atoms with van der Waals surface area (Å²) in [7, 11) is 0. The number of nitrogens with two attached hydrogens (primary N) is 1. The van der Waals surface area contributed by atoms with Gasteiger partial charge in [-0.2, -0.15) is 9.78 Å². The van der Waals surface area contributed by atoms with Crippen molar-refractivity contribution in [3.63, 3.8) is 0 Å². The number of hydrazone groups is 1. The van der Waals surface area contributed by atoms with Crippen molar-refractivity contribution in [3.8, 4) is 5.82 Å². The maximum Gasteiger partial charge on any atom is 0.293 e. The van der Waals surface area contributed by atoms with Crippen molar-refractivity contribution in [2.45, 2.75) is 25.8 Å². The van der Waals surface area contributed by atoms with E-state index in [0.29, 0.717) is 12.2 Å². The van der Waals surface area contributed by atoms with Gasteiger partial charge in [-0.05, 0) is 42.3 Å². The van der Waals surface area contributed by atoms with E-state index in [-0.39, 0.29) is 28.6 Å². The summed E-state index contributed by atoms with van der Waals surface area (Å²) < 4.78 is 5.97. The van der Waals surface area contributed by atoms with Crippen molar-refractivity contribution >= 4 is 23.6 Å². The molecule has 0 unspecified atom stereocenters. The number of nitrogen functional groups attached to an aromatic ring is 1. The van der Waals surface area contributed by atoms with Crippen LogP contribution in [0.15, 0.2) is 34.0 Å². The Morgan fingerprint density at radius 1 is 1.28 bits per heavy atom. The minimum Gasteiger partial charge on any atom is -0.378 e. The van der Waals surface area contributed by atoms with E-state index in [1.807, 2.05) is 0 Å². The quantitative estimate of drug-likeness (QED) is 0.304. The van der Waals surface area contributed by atoms with Crippen molar-refractivity contribution in [1.82, 2.24) is 35.6 Å². The highest BCUT2D eigenvalue weighted by Crippen LogP contribution is 2.20. The van der Waals surface area contributed by atoms with Gasteiger partial charge in [0.15, 0.2) is 5.69 Å². The molecule has 0 atom stereocenters. The average Bonchev–Trinajstić information content (AvgIpc) is 3.40. The van der Waals surface area contributed by atoms with Crippen molar-refractivity contribution in [2.75, 3.05) is 18.8 Å². The molecule has 0 saturated carbocycles. The molecule has 14 nitrogen and oxygen atoms in total. The first-order valence-electron chi connectivity index (χ1n) is 9.86. The molecule has 1 aromatic carbocycles. The molecule has 3 N–H and O–H groups in total. The lowest BCUT2D eigenvalue weighted by atomic mass is 10.1. The number of nitro benzene ring substituents is 1. The summed E-state index contributed by atoms with van der Waals surface area (Å²) in [6.45, 7) is 2.12. The van der Waals surface area contributed by atoms with Crippen LogP contribution in [-0.2, 0) is 6.54 Å². The Hall–Kier alpha value is -4.20. The molecule has 1 fully saturated rings. The number of likely N-dealkylation sites (tertiary alicyclic amines) is 1. The number of anilines is 1. The van der Waals surface area contributed by atoms with Crippen LogP contribution in [0.25, 0.3) is 5.82 Å². The number of benzene rings is 1. The van der Waals surface area contributed by atoms with Crippen molar-refractivity contribution < 1.29 is 14.3 Å². The van der Waals surface area contributed by atoms with E-state index in [0.717, 1.165) is 32.4 Å². The summed E-state index contributed by atoms with van der Waals surface area (Å²) in [5.41, 5.74) is 8.74. The monoisotopic (exact) mass is 440 g/mol. The SMILES string of the molecule is Nc1nonc1-n1nnc(C(=O)NN=Cc2ccccc2[N+](=O)[O-])c1CN1CCCCC1. The van der Waals surface area contributed by atoms with Gasteiger partial charge in [0.25, 0.3) is 11.6 Å². The number of nitrogens with zero attached hydrogens (tertiary/aromatic N) is 8. The molecule has 0 radical (unpaired) electrons. The third kappa shape index (κ3) is 4.44. The molecule has 1 amide bonds. The number of carbonyl (C=O) groups excluding carboxylic acids is 1. The Kier molecular flexibility index (Phi) is 6.12. The van der Waals surface area contributed by atoms with E-state index < -0.39 is 10.8 Å². The molecule has 1 aliphatic heterocycles. The lowest BCUT2D eigenvalue weighted by Crippen LogP contribution is -2.31. The molecule has 0 spiro atoms. The van der Waals surface area contributed by atoms with Crippen LogP contribution in [-0.4, -0.2) is 60.3 Å². The van der Waals surface area contributed by atoms with Crippen molar-refractivity contribution in [2.24, 2.45) is 5.10 Å². The van der Waals surface area contributed by atoms with Crippen molar-refractivity contribution in [1.29, 1.82) is 0 Å². The number of carbonyl (C=O) groups is 1. The van der Waals surface area contributed by atoms with Crippen LogP contribution in [0.5, 0.6) is 0 Å². The summed E-state index contributed by atoms with van der Waals surface area (Å²) in [5.74, 6) is -0.490. The summed E-state index contributed by atoms with van der Waals surface area (Å²) >= 11 is 0. The number of hydrogen-bond donors (Lipinski definition) is 2. The minimum atomic E-state index is -0.631.